The van der Waals surface area contributed by atoms with E-state index in [2.05, 4.69) is 51.1 Å². The molecule has 1 unspecified atom stereocenters. The Balaban J connectivity index is 3.22. The summed E-state index contributed by atoms with van der Waals surface area (Å²) in [6.45, 7) is 8.84. The number of hydrogen-bond acceptors (Lipinski definition) is 2. The van der Waals surface area contributed by atoms with E-state index >= 15 is 0 Å². The number of allylic oxidation sites excluding steroid dienone is 6. The fourth-order valence-electron chi connectivity index (χ4n) is 1.83. The monoisotopic (exact) mass is 233 g/mol. The first-order valence-electron chi connectivity index (χ1n) is 6.21. The highest BCUT2D eigenvalue weighted by molar-refractivity contribution is 6.09. The minimum atomic E-state index is -0.00963. The molecule has 0 aromatic heterocycles. The third kappa shape index (κ3) is 3.58. The van der Waals surface area contributed by atoms with E-state index in [-0.39, 0.29) is 5.41 Å². The lowest BCUT2D eigenvalue weighted by Gasteiger charge is -2.24. The topological polar surface area (TPSA) is 21.6 Å². The zero-order valence-corrected chi connectivity index (χ0v) is 11.5. The number of nitrogens with zero attached hydrogens (tertiary/aromatic N) is 1. The maximum absolute atomic E-state index is 4.94. The minimum Gasteiger partial charge on any atom is -0.399 e. The second-order valence-electron chi connectivity index (χ2n) is 5.06. The highest BCUT2D eigenvalue weighted by Crippen LogP contribution is 2.32. The van der Waals surface area contributed by atoms with E-state index < -0.39 is 0 Å². The summed E-state index contributed by atoms with van der Waals surface area (Å²) in [7, 11) is 1.59. The van der Waals surface area contributed by atoms with Crippen LogP contribution in [0.2, 0.25) is 0 Å². The molecule has 0 aliphatic heterocycles. The summed E-state index contributed by atoms with van der Waals surface area (Å²) >= 11 is 0. The average molecular weight is 233 g/mol. The molecule has 2 heteroatoms. The molecular weight excluding hydrogens is 210 g/mol. The van der Waals surface area contributed by atoms with Gasteiger partial charge in [-0.1, -0.05) is 63.6 Å². The zero-order chi connectivity index (χ0) is 12.9. The number of oxime groups is 1. The summed E-state index contributed by atoms with van der Waals surface area (Å²) in [6, 6.07) is 0. The van der Waals surface area contributed by atoms with E-state index in [1.54, 1.807) is 7.11 Å². The van der Waals surface area contributed by atoms with Crippen molar-refractivity contribution in [1.82, 2.24) is 0 Å². The Kier molecular flexibility index (Phi) is 4.73. The molecule has 0 N–H and O–H groups in total. The van der Waals surface area contributed by atoms with E-state index in [4.69, 9.17) is 4.84 Å². The zero-order valence-electron chi connectivity index (χ0n) is 11.5. The Hall–Kier alpha value is -1.31. The van der Waals surface area contributed by atoms with Gasteiger partial charge in [0.05, 0.1) is 0 Å². The van der Waals surface area contributed by atoms with Gasteiger partial charge >= 0.3 is 0 Å². The molecule has 0 heterocycles. The minimum absolute atomic E-state index is 0.00963. The highest BCUT2D eigenvalue weighted by atomic mass is 16.6. The van der Waals surface area contributed by atoms with Gasteiger partial charge < -0.3 is 4.84 Å². The molecule has 0 aromatic carbocycles. The lowest BCUT2D eigenvalue weighted by atomic mass is 9.80. The molecule has 1 aliphatic rings. The van der Waals surface area contributed by atoms with Gasteiger partial charge in [-0.15, -0.1) is 0 Å². The second-order valence-corrected chi connectivity index (χ2v) is 5.06. The van der Waals surface area contributed by atoms with Crippen LogP contribution in [0, 0.1) is 11.3 Å². The highest BCUT2D eigenvalue weighted by Gasteiger charge is 2.25. The van der Waals surface area contributed by atoms with Crippen molar-refractivity contribution in [2.24, 2.45) is 16.5 Å². The van der Waals surface area contributed by atoms with Crippen molar-refractivity contribution in [2.75, 3.05) is 7.11 Å². The van der Waals surface area contributed by atoms with Gasteiger partial charge in [-0.3, -0.25) is 0 Å². The van der Waals surface area contributed by atoms with Crippen LogP contribution in [-0.2, 0) is 4.84 Å². The van der Waals surface area contributed by atoms with E-state index in [9.17, 15) is 0 Å². The lowest BCUT2D eigenvalue weighted by Crippen LogP contribution is -2.18. The van der Waals surface area contributed by atoms with Crippen LogP contribution in [0.3, 0.4) is 0 Å². The van der Waals surface area contributed by atoms with Crippen molar-refractivity contribution in [1.29, 1.82) is 0 Å². The van der Waals surface area contributed by atoms with Crippen LogP contribution in [0.1, 0.15) is 34.1 Å². The Morgan fingerprint density at radius 3 is 2.71 bits per heavy atom. The summed E-state index contributed by atoms with van der Waals surface area (Å²) in [5.74, 6) is 0.547. The van der Waals surface area contributed by atoms with Gasteiger partial charge in [-0.25, -0.2) is 0 Å². The van der Waals surface area contributed by atoms with Crippen LogP contribution >= 0.6 is 0 Å². The van der Waals surface area contributed by atoms with Crippen molar-refractivity contribution >= 4 is 5.71 Å². The Morgan fingerprint density at radius 2 is 2.12 bits per heavy atom. The quantitative estimate of drug-likeness (QED) is 0.672. The molecule has 0 aromatic rings. The van der Waals surface area contributed by atoms with Crippen molar-refractivity contribution in [3.8, 4) is 0 Å². The molecule has 1 atom stereocenters. The maximum atomic E-state index is 4.94. The van der Waals surface area contributed by atoms with Crippen LogP contribution in [0.25, 0.3) is 0 Å². The van der Waals surface area contributed by atoms with Crippen molar-refractivity contribution in [3.63, 3.8) is 0 Å². The van der Waals surface area contributed by atoms with Crippen molar-refractivity contribution < 1.29 is 4.84 Å². The first-order valence-corrected chi connectivity index (χ1v) is 6.21. The average Bonchev–Trinajstić information content (AvgIpc) is 2.41. The van der Waals surface area contributed by atoms with Gasteiger partial charge in [0.2, 0.25) is 0 Å². The van der Waals surface area contributed by atoms with E-state index in [0.29, 0.717) is 5.92 Å². The number of rotatable bonds is 3. The predicted molar refractivity (Wildman–Crippen MR) is 74.0 cm³/mol. The molecule has 0 saturated heterocycles. The van der Waals surface area contributed by atoms with Crippen LogP contribution in [-0.4, -0.2) is 12.8 Å². The summed E-state index contributed by atoms with van der Waals surface area (Å²) < 4.78 is 0. The largest absolute Gasteiger partial charge is 0.399 e. The van der Waals surface area contributed by atoms with Gasteiger partial charge in [0, 0.05) is 5.41 Å². The maximum Gasteiger partial charge on any atom is 0.106 e. The molecule has 17 heavy (non-hydrogen) atoms. The van der Waals surface area contributed by atoms with Gasteiger partial charge in [0.15, 0.2) is 0 Å². The molecule has 0 radical (unpaired) electrons. The van der Waals surface area contributed by atoms with E-state index in [1.165, 1.54) is 5.57 Å². The molecule has 0 saturated carbocycles. The van der Waals surface area contributed by atoms with Crippen molar-refractivity contribution in [3.05, 3.63) is 36.0 Å². The van der Waals surface area contributed by atoms with Gasteiger partial charge in [-0.05, 0) is 17.6 Å². The Morgan fingerprint density at radius 1 is 1.41 bits per heavy atom. The molecule has 2 nitrogen and oxygen atoms in total. The standard InChI is InChI=1S/C15H23NO/c1-6-12(2)11-13-14(16-17-5)9-7-8-10-15(13,3)4/h7-12H,6H2,1-5H3/b13-11-,16-14-. The second kappa shape index (κ2) is 5.85. The molecule has 1 aliphatic carbocycles. The summed E-state index contributed by atoms with van der Waals surface area (Å²) in [5.41, 5.74) is 2.14. The lowest BCUT2D eigenvalue weighted by molar-refractivity contribution is 0.213. The number of hydrogen-bond donors (Lipinski definition) is 0. The molecule has 0 fully saturated rings. The predicted octanol–water partition coefficient (Wildman–Crippen LogP) is 4.11. The Labute approximate surface area is 105 Å². The molecule has 0 amide bonds. The molecular formula is C15H23NO. The molecule has 1 rings (SSSR count). The van der Waals surface area contributed by atoms with E-state index in [0.717, 1.165) is 12.1 Å². The summed E-state index contributed by atoms with van der Waals surface area (Å²) in [6.07, 6.45) is 11.7. The van der Waals surface area contributed by atoms with Gasteiger partial charge in [0.25, 0.3) is 0 Å². The third-order valence-corrected chi connectivity index (χ3v) is 3.13. The van der Waals surface area contributed by atoms with Gasteiger partial charge in [0.1, 0.15) is 12.8 Å². The summed E-state index contributed by atoms with van der Waals surface area (Å²) in [5, 5.41) is 4.13. The molecule has 0 spiro atoms. The SMILES string of the molecule is CCC(C)/C=C1/C(=N\OC)C=CC=CC1(C)C. The van der Waals surface area contributed by atoms with Gasteiger partial charge in [-0.2, -0.15) is 0 Å². The Bertz CT molecular complexity index is 372. The van der Waals surface area contributed by atoms with Crippen molar-refractivity contribution in [2.45, 2.75) is 34.1 Å². The fraction of sp³-hybridized carbons (Fsp3) is 0.533. The van der Waals surface area contributed by atoms with Crippen LogP contribution < -0.4 is 0 Å². The van der Waals surface area contributed by atoms with Crippen LogP contribution in [0.15, 0.2) is 41.1 Å². The smallest absolute Gasteiger partial charge is 0.106 e. The first kappa shape index (κ1) is 13.8. The first-order chi connectivity index (χ1) is 8.01. The molecule has 0 bridgehead atoms. The van der Waals surface area contributed by atoms with Crippen LogP contribution in [0.4, 0.5) is 0 Å². The normalized spacial score (nSPS) is 25.0. The fourth-order valence-corrected chi connectivity index (χ4v) is 1.83. The van der Waals surface area contributed by atoms with Crippen LogP contribution in [0.5, 0.6) is 0 Å². The van der Waals surface area contributed by atoms with E-state index in [1.807, 2.05) is 12.2 Å². The summed E-state index contributed by atoms with van der Waals surface area (Å²) in [4.78, 5) is 4.94. The third-order valence-electron chi connectivity index (χ3n) is 3.13. The molecule has 94 valence electrons.